The summed E-state index contributed by atoms with van der Waals surface area (Å²) >= 11 is 0. The number of anilines is 1. The Morgan fingerprint density at radius 1 is 1.20 bits per heavy atom. The number of nitrogens with two attached hydrogens (primary N) is 1. The van der Waals surface area contributed by atoms with Crippen LogP contribution in [0.25, 0.3) is 0 Å². The van der Waals surface area contributed by atoms with Crippen LogP contribution < -0.4 is 11.4 Å². The van der Waals surface area contributed by atoms with Crippen LogP contribution in [0.15, 0.2) is 17.1 Å². The quantitative estimate of drug-likeness (QED) is 0.211. The van der Waals surface area contributed by atoms with E-state index in [0.717, 1.165) is 4.57 Å². The summed E-state index contributed by atoms with van der Waals surface area (Å²) in [4.78, 5) is 51.0. The molecule has 172 valence electrons. The van der Waals surface area contributed by atoms with Crippen LogP contribution in [0, 0.1) is 0 Å². The van der Waals surface area contributed by atoms with Gasteiger partial charge in [-0.15, -0.1) is 0 Å². The minimum atomic E-state index is -5.70. The van der Waals surface area contributed by atoms with Crippen LogP contribution in [0.4, 0.5) is 5.82 Å². The number of methoxy groups -OCH3 is 1. The number of nitrogens with zero attached hydrogens (tertiary/aromatic N) is 2. The van der Waals surface area contributed by atoms with Gasteiger partial charge in [-0.25, -0.2) is 18.5 Å². The van der Waals surface area contributed by atoms with Crippen molar-refractivity contribution in [2.45, 2.75) is 24.5 Å². The van der Waals surface area contributed by atoms with Gasteiger partial charge in [-0.1, -0.05) is 0 Å². The molecule has 30 heavy (non-hydrogen) atoms. The molecule has 0 amide bonds. The van der Waals surface area contributed by atoms with Crippen LogP contribution >= 0.6 is 23.5 Å². The highest BCUT2D eigenvalue weighted by atomic mass is 31.3. The van der Waals surface area contributed by atoms with E-state index >= 15 is 0 Å². The number of hydrogen-bond donors (Lipinski definition) is 6. The molecule has 1 aromatic rings. The van der Waals surface area contributed by atoms with Gasteiger partial charge in [-0.05, 0) is 6.07 Å². The zero-order valence-electron chi connectivity index (χ0n) is 14.9. The smallest absolute Gasteiger partial charge is 0.387 e. The van der Waals surface area contributed by atoms with Crippen molar-refractivity contribution in [3.63, 3.8) is 0 Å². The van der Waals surface area contributed by atoms with E-state index in [-0.39, 0.29) is 5.82 Å². The summed E-state index contributed by atoms with van der Waals surface area (Å²) in [6.07, 6.45) is -4.13. The van der Waals surface area contributed by atoms with E-state index in [4.69, 9.17) is 29.9 Å². The summed E-state index contributed by atoms with van der Waals surface area (Å²) in [5, 5.41) is 10.3. The van der Waals surface area contributed by atoms with Gasteiger partial charge in [0.2, 0.25) is 0 Å². The molecule has 0 spiro atoms. The molecule has 3 unspecified atom stereocenters. The van der Waals surface area contributed by atoms with Crippen LogP contribution in [0.2, 0.25) is 0 Å². The molecule has 20 heteroatoms. The predicted molar refractivity (Wildman–Crippen MR) is 93.4 cm³/mol. The monoisotopic (exact) mass is 497 g/mol. The Labute approximate surface area is 167 Å². The lowest BCUT2D eigenvalue weighted by molar-refractivity contribution is -0.0618. The van der Waals surface area contributed by atoms with Gasteiger partial charge in [0.05, 0.1) is 6.61 Å². The minimum Gasteiger partial charge on any atom is -0.387 e. The van der Waals surface area contributed by atoms with Gasteiger partial charge in [-0.2, -0.15) is 13.6 Å². The lowest BCUT2D eigenvalue weighted by atomic mass is 10.1. The van der Waals surface area contributed by atoms with E-state index in [2.05, 4.69) is 18.1 Å². The Hall–Kier alpha value is -1.03. The standard InChI is InChI=1S/C10H18N3O14P3/c1-23-8-7(14)5(25-9(8)13-3-2-6(11)12-10(13)15)4-24-29(19,20)27-30(21,22)26-28(16,17)18/h2-3,5,7-9,14H,4H2,1H3,(H,19,20)(H,21,22)(H2,11,12,15)(H2,16,17,18)/t5-,7?,8+,9-/m1/s1. The topological polar surface area (TPSA) is 259 Å². The Kier molecular flexibility index (Phi) is 7.76. The first kappa shape index (κ1) is 25.2. The van der Waals surface area contributed by atoms with Crippen LogP contribution in [-0.2, 0) is 36.3 Å². The fourth-order valence-electron chi connectivity index (χ4n) is 2.43. The van der Waals surface area contributed by atoms with Crippen molar-refractivity contribution in [1.29, 1.82) is 0 Å². The summed E-state index contributed by atoms with van der Waals surface area (Å²) < 4.78 is 56.6. The third-order valence-electron chi connectivity index (χ3n) is 3.53. The van der Waals surface area contributed by atoms with Crippen LogP contribution in [0.1, 0.15) is 6.23 Å². The number of phosphoric acid groups is 3. The van der Waals surface area contributed by atoms with E-state index in [1.165, 1.54) is 19.4 Å². The molecule has 1 aliphatic heterocycles. The molecule has 1 saturated heterocycles. The van der Waals surface area contributed by atoms with Gasteiger partial charge < -0.3 is 39.9 Å². The van der Waals surface area contributed by atoms with E-state index in [1.807, 2.05) is 0 Å². The van der Waals surface area contributed by atoms with Crippen LogP contribution in [0.5, 0.6) is 0 Å². The first-order chi connectivity index (χ1) is 13.6. The predicted octanol–water partition coefficient (Wildman–Crippen LogP) is -1.56. The van der Waals surface area contributed by atoms with Gasteiger partial charge in [-0.3, -0.25) is 9.09 Å². The fourth-order valence-corrected chi connectivity index (χ4v) is 5.46. The Bertz CT molecular complexity index is 963. The zero-order chi connectivity index (χ0) is 22.9. The van der Waals surface area contributed by atoms with E-state index < -0.39 is 60.3 Å². The van der Waals surface area contributed by atoms with E-state index in [9.17, 15) is 28.5 Å². The molecule has 1 fully saturated rings. The average molecular weight is 497 g/mol. The molecule has 0 aliphatic carbocycles. The average Bonchev–Trinajstić information content (AvgIpc) is 2.85. The van der Waals surface area contributed by atoms with Gasteiger partial charge in [0.15, 0.2) is 6.23 Å². The molecule has 2 heterocycles. The number of aliphatic hydroxyl groups is 1. The molecule has 17 nitrogen and oxygen atoms in total. The van der Waals surface area contributed by atoms with Crippen molar-refractivity contribution >= 4 is 29.3 Å². The fraction of sp³-hybridized carbons (Fsp3) is 0.600. The second-order valence-electron chi connectivity index (χ2n) is 5.69. The normalized spacial score (nSPS) is 28.7. The molecule has 2 rings (SSSR count). The minimum absolute atomic E-state index is 0.0760. The Balaban J connectivity index is 2.09. The summed E-state index contributed by atoms with van der Waals surface area (Å²) in [7, 11) is -15.5. The molecule has 0 bridgehead atoms. The summed E-state index contributed by atoms with van der Waals surface area (Å²) in [6.45, 7) is -0.932. The van der Waals surface area contributed by atoms with Crippen molar-refractivity contribution in [2.24, 2.45) is 0 Å². The number of rotatable bonds is 9. The molecule has 0 saturated carbocycles. The van der Waals surface area contributed by atoms with Gasteiger partial charge in [0, 0.05) is 13.3 Å². The van der Waals surface area contributed by atoms with Crippen molar-refractivity contribution in [2.75, 3.05) is 19.5 Å². The maximum atomic E-state index is 12.0. The Morgan fingerprint density at radius 2 is 1.83 bits per heavy atom. The highest BCUT2D eigenvalue weighted by Gasteiger charge is 2.47. The lowest BCUT2D eigenvalue weighted by Gasteiger charge is -2.20. The number of ether oxygens (including phenoxy) is 2. The number of aliphatic hydroxyl groups excluding tert-OH is 1. The zero-order valence-corrected chi connectivity index (χ0v) is 17.6. The second kappa shape index (κ2) is 9.22. The van der Waals surface area contributed by atoms with Crippen molar-refractivity contribution in [1.82, 2.24) is 9.55 Å². The van der Waals surface area contributed by atoms with Crippen LogP contribution in [-0.4, -0.2) is 66.3 Å². The van der Waals surface area contributed by atoms with Crippen molar-refractivity contribution in [3.8, 4) is 0 Å². The Morgan fingerprint density at radius 3 is 2.37 bits per heavy atom. The third kappa shape index (κ3) is 6.73. The summed E-state index contributed by atoms with van der Waals surface area (Å²) in [6, 6.07) is 1.27. The molecular weight excluding hydrogens is 479 g/mol. The van der Waals surface area contributed by atoms with Crippen LogP contribution in [0.3, 0.4) is 0 Å². The lowest BCUT2D eigenvalue weighted by Crippen LogP contribution is -2.37. The maximum absolute atomic E-state index is 12.0. The third-order valence-corrected chi connectivity index (χ3v) is 7.33. The largest absolute Gasteiger partial charge is 0.490 e. The maximum Gasteiger partial charge on any atom is 0.490 e. The number of aromatic nitrogens is 2. The molecular formula is C10H18N3O14P3. The van der Waals surface area contributed by atoms with Crippen molar-refractivity contribution in [3.05, 3.63) is 22.7 Å². The molecule has 6 atom stereocenters. The first-order valence-corrected chi connectivity index (χ1v) is 12.2. The number of hydrogen-bond acceptors (Lipinski definition) is 12. The van der Waals surface area contributed by atoms with Gasteiger partial charge in [0.25, 0.3) is 0 Å². The molecule has 0 radical (unpaired) electrons. The second-order valence-corrected chi connectivity index (χ2v) is 10.1. The summed E-state index contributed by atoms with van der Waals surface area (Å²) in [5.74, 6) is -0.0760. The summed E-state index contributed by atoms with van der Waals surface area (Å²) in [5.41, 5.74) is 4.55. The van der Waals surface area contributed by atoms with E-state index in [0.29, 0.717) is 0 Å². The highest BCUT2D eigenvalue weighted by molar-refractivity contribution is 7.66. The van der Waals surface area contributed by atoms with Gasteiger partial charge >= 0.3 is 29.2 Å². The van der Waals surface area contributed by atoms with Gasteiger partial charge in [0.1, 0.15) is 24.1 Å². The number of nitrogen functional groups attached to an aromatic ring is 1. The molecule has 1 aliphatic rings. The molecule has 0 aromatic carbocycles. The highest BCUT2D eigenvalue weighted by Crippen LogP contribution is 2.66. The number of phosphoric ester groups is 1. The van der Waals surface area contributed by atoms with Crippen molar-refractivity contribution < 1.29 is 61.0 Å². The first-order valence-electron chi connectivity index (χ1n) is 7.63. The SMILES string of the molecule is CO[C@H]1C(O)[C@@H](COP(=O)(O)OP(=O)(O)OP(=O)(O)O)O[C@H]1n1ccc(N)nc1=O. The molecule has 1 aromatic heterocycles. The van der Waals surface area contributed by atoms with E-state index in [1.54, 1.807) is 0 Å². The molecule has 7 N–H and O–H groups in total.